The number of hydrogen-bond acceptors (Lipinski definition) is 2. The predicted octanol–water partition coefficient (Wildman–Crippen LogP) is 4.96. The highest BCUT2D eigenvalue weighted by molar-refractivity contribution is 9.10. The van der Waals surface area contributed by atoms with E-state index in [1.807, 2.05) is 50.2 Å². The second-order valence-corrected chi connectivity index (χ2v) is 5.57. The lowest BCUT2D eigenvalue weighted by molar-refractivity contribution is -0.131. The molecule has 21 heavy (non-hydrogen) atoms. The summed E-state index contributed by atoms with van der Waals surface area (Å²) in [4.78, 5) is 10.7. The van der Waals surface area contributed by atoms with Crippen LogP contribution in [0.15, 0.2) is 46.9 Å². The topological polar surface area (TPSA) is 46.5 Å². The van der Waals surface area contributed by atoms with E-state index in [1.165, 1.54) is 6.08 Å². The summed E-state index contributed by atoms with van der Waals surface area (Å²) >= 11 is 3.40. The highest BCUT2D eigenvalue weighted by Crippen LogP contribution is 2.32. The van der Waals surface area contributed by atoms with Gasteiger partial charge in [-0.15, -0.1) is 0 Å². The minimum Gasteiger partial charge on any atom is -0.478 e. The number of carboxylic acids is 1. The number of aryl methyl sites for hydroxylation is 1. The lowest BCUT2D eigenvalue weighted by atomic mass is 10.1. The van der Waals surface area contributed by atoms with Crippen LogP contribution in [0.5, 0.6) is 11.5 Å². The maximum atomic E-state index is 10.7. The first kappa shape index (κ1) is 15.3. The van der Waals surface area contributed by atoms with Gasteiger partial charge in [0.25, 0.3) is 0 Å². The molecule has 0 saturated carbocycles. The highest BCUT2D eigenvalue weighted by Gasteiger charge is 2.07. The summed E-state index contributed by atoms with van der Waals surface area (Å²) in [5, 5.41) is 8.75. The molecule has 2 rings (SSSR count). The number of carbonyl (C=O) groups is 1. The average molecular weight is 347 g/mol. The van der Waals surface area contributed by atoms with Crippen LogP contribution in [0.25, 0.3) is 6.08 Å². The van der Waals surface area contributed by atoms with Crippen LogP contribution in [0.3, 0.4) is 0 Å². The number of carboxylic acid groups (broad SMARTS) is 1. The molecule has 0 saturated heterocycles. The zero-order valence-electron chi connectivity index (χ0n) is 11.8. The molecule has 3 nitrogen and oxygen atoms in total. The van der Waals surface area contributed by atoms with Crippen LogP contribution < -0.4 is 4.74 Å². The van der Waals surface area contributed by atoms with Gasteiger partial charge in [0.1, 0.15) is 11.5 Å². The van der Waals surface area contributed by atoms with Crippen molar-refractivity contribution in [1.82, 2.24) is 0 Å². The first-order chi connectivity index (χ1) is 9.97. The van der Waals surface area contributed by atoms with Gasteiger partial charge in [-0.3, -0.25) is 0 Å². The van der Waals surface area contributed by atoms with Gasteiger partial charge < -0.3 is 9.84 Å². The van der Waals surface area contributed by atoms with Crippen molar-refractivity contribution in [3.63, 3.8) is 0 Å². The quantitative estimate of drug-likeness (QED) is 0.796. The summed E-state index contributed by atoms with van der Waals surface area (Å²) in [5.41, 5.74) is 2.91. The van der Waals surface area contributed by atoms with E-state index in [0.29, 0.717) is 11.3 Å². The minimum atomic E-state index is -0.990. The minimum absolute atomic E-state index is 0.607. The van der Waals surface area contributed by atoms with Crippen LogP contribution in [0.1, 0.15) is 16.7 Å². The molecule has 0 aliphatic rings. The predicted molar refractivity (Wildman–Crippen MR) is 86.8 cm³/mol. The fourth-order valence-electron chi connectivity index (χ4n) is 1.85. The Balaban J connectivity index is 2.40. The highest BCUT2D eigenvalue weighted by atomic mass is 79.9. The van der Waals surface area contributed by atoms with Crippen molar-refractivity contribution in [2.75, 3.05) is 0 Å². The summed E-state index contributed by atoms with van der Waals surface area (Å²) in [6.07, 6.45) is 2.62. The number of benzene rings is 2. The molecule has 0 aliphatic carbocycles. The molecule has 1 N–H and O–H groups in total. The summed E-state index contributed by atoms with van der Waals surface area (Å²) in [5.74, 6) is 0.379. The number of rotatable bonds is 4. The third-order valence-corrected chi connectivity index (χ3v) is 3.65. The van der Waals surface area contributed by atoms with Crippen LogP contribution in [-0.2, 0) is 4.79 Å². The maximum absolute atomic E-state index is 10.7. The van der Waals surface area contributed by atoms with E-state index in [1.54, 1.807) is 0 Å². The first-order valence-electron chi connectivity index (χ1n) is 6.42. The second-order valence-electron chi connectivity index (χ2n) is 4.65. The van der Waals surface area contributed by atoms with Crippen molar-refractivity contribution in [1.29, 1.82) is 0 Å². The van der Waals surface area contributed by atoms with E-state index in [-0.39, 0.29) is 0 Å². The van der Waals surface area contributed by atoms with E-state index < -0.39 is 5.97 Å². The van der Waals surface area contributed by atoms with Crippen molar-refractivity contribution < 1.29 is 14.6 Å². The Morgan fingerprint density at radius 2 is 1.95 bits per heavy atom. The Bertz CT molecular complexity index is 705. The zero-order valence-corrected chi connectivity index (χ0v) is 13.3. The third kappa shape index (κ3) is 3.95. The molecule has 0 aliphatic heterocycles. The molecule has 108 valence electrons. The molecule has 0 atom stereocenters. The Morgan fingerprint density at radius 1 is 1.19 bits per heavy atom. The lowest BCUT2D eigenvalue weighted by Crippen LogP contribution is -1.93. The molecule has 0 radical (unpaired) electrons. The molecule has 0 fully saturated rings. The fourth-order valence-corrected chi connectivity index (χ4v) is 2.19. The van der Waals surface area contributed by atoms with Crippen molar-refractivity contribution in [2.45, 2.75) is 13.8 Å². The molecule has 0 bridgehead atoms. The van der Waals surface area contributed by atoms with Crippen LogP contribution >= 0.6 is 15.9 Å². The molecular weight excluding hydrogens is 332 g/mol. The summed E-state index contributed by atoms with van der Waals surface area (Å²) in [7, 11) is 0. The van der Waals surface area contributed by atoms with Gasteiger partial charge in [0.15, 0.2) is 0 Å². The monoisotopic (exact) mass is 346 g/mol. The van der Waals surface area contributed by atoms with Gasteiger partial charge in [-0.1, -0.05) is 34.1 Å². The van der Waals surface area contributed by atoms with Gasteiger partial charge >= 0.3 is 5.97 Å². The Kier molecular flexibility index (Phi) is 4.81. The third-order valence-electron chi connectivity index (χ3n) is 3.16. The van der Waals surface area contributed by atoms with Crippen LogP contribution in [0.2, 0.25) is 0 Å². The molecular formula is C17H15BrO3. The number of hydrogen-bond donors (Lipinski definition) is 1. The van der Waals surface area contributed by atoms with Crippen LogP contribution in [0, 0.1) is 13.8 Å². The van der Waals surface area contributed by atoms with Crippen molar-refractivity contribution in [3.05, 3.63) is 63.6 Å². The molecule has 0 unspecified atom stereocenters. The SMILES string of the molecule is Cc1cccc(Oc2cc(Br)ccc2/C=C/C(=O)O)c1C. The summed E-state index contributed by atoms with van der Waals surface area (Å²) < 4.78 is 6.83. The van der Waals surface area contributed by atoms with Gasteiger partial charge in [-0.25, -0.2) is 4.79 Å². The van der Waals surface area contributed by atoms with Crippen molar-refractivity contribution >= 4 is 28.0 Å². The Labute approximate surface area is 132 Å². The van der Waals surface area contributed by atoms with Gasteiger partial charge in [-0.05, 0) is 49.2 Å². The largest absolute Gasteiger partial charge is 0.478 e. The van der Waals surface area contributed by atoms with Gasteiger partial charge in [-0.2, -0.15) is 0 Å². The molecule has 0 aromatic heterocycles. The maximum Gasteiger partial charge on any atom is 0.328 e. The van der Waals surface area contributed by atoms with Crippen molar-refractivity contribution in [3.8, 4) is 11.5 Å². The first-order valence-corrected chi connectivity index (χ1v) is 7.21. The van der Waals surface area contributed by atoms with Gasteiger partial charge in [0.05, 0.1) is 0 Å². The fraction of sp³-hybridized carbons (Fsp3) is 0.118. The van der Waals surface area contributed by atoms with Crippen LogP contribution in [-0.4, -0.2) is 11.1 Å². The Hall–Kier alpha value is -2.07. The normalized spacial score (nSPS) is 10.8. The lowest BCUT2D eigenvalue weighted by Gasteiger charge is -2.13. The van der Waals surface area contributed by atoms with Gasteiger partial charge in [0, 0.05) is 16.1 Å². The van der Waals surface area contributed by atoms with E-state index in [2.05, 4.69) is 15.9 Å². The van der Waals surface area contributed by atoms with E-state index in [4.69, 9.17) is 9.84 Å². The summed E-state index contributed by atoms with van der Waals surface area (Å²) in [6.45, 7) is 4.02. The number of aliphatic carboxylic acids is 1. The number of halogens is 1. The molecule has 2 aromatic carbocycles. The standard InChI is InChI=1S/C17H15BrO3/c1-11-4-3-5-15(12(11)2)21-16-10-14(18)8-6-13(16)7-9-17(19)20/h3-10H,1-2H3,(H,19,20)/b9-7+. The van der Waals surface area contributed by atoms with Gasteiger partial charge in [0.2, 0.25) is 0 Å². The molecule has 0 spiro atoms. The average Bonchev–Trinajstić information content (AvgIpc) is 2.43. The molecule has 2 aromatic rings. The van der Waals surface area contributed by atoms with Crippen molar-refractivity contribution in [2.24, 2.45) is 0 Å². The van der Waals surface area contributed by atoms with E-state index in [9.17, 15) is 4.79 Å². The number of ether oxygens (including phenoxy) is 1. The summed E-state index contributed by atoms with van der Waals surface area (Å²) in [6, 6.07) is 11.3. The molecule has 4 heteroatoms. The molecule has 0 amide bonds. The van der Waals surface area contributed by atoms with E-state index in [0.717, 1.165) is 27.4 Å². The Morgan fingerprint density at radius 3 is 2.67 bits per heavy atom. The zero-order chi connectivity index (χ0) is 15.4. The van der Waals surface area contributed by atoms with Crippen LogP contribution in [0.4, 0.5) is 0 Å². The molecule has 0 heterocycles. The smallest absolute Gasteiger partial charge is 0.328 e. The second kappa shape index (κ2) is 6.59. The van der Waals surface area contributed by atoms with E-state index >= 15 is 0 Å².